The lowest BCUT2D eigenvalue weighted by Gasteiger charge is -2.10. The Labute approximate surface area is 178 Å². The SMILES string of the molecule is C=CCCc1ccc(-c2ccc(/C(F)=C(\F)c3ccc(CC)cc3)c(F)c2)c(F)c1F. The molecule has 0 bridgehead atoms. The summed E-state index contributed by atoms with van der Waals surface area (Å²) in [5, 5.41) is 0. The van der Waals surface area contributed by atoms with Crippen LogP contribution < -0.4 is 0 Å². The van der Waals surface area contributed by atoms with E-state index in [9.17, 15) is 22.0 Å². The highest BCUT2D eigenvalue weighted by Crippen LogP contribution is 2.34. The number of hydrogen-bond donors (Lipinski definition) is 0. The topological polar surface area (TPSA) is 0 Å². The Morgan fingerprint density at radius 1 is 0.871 bits per heavy atom. The maximum atomic E-state index is 14.6. The molecule has 0 heterocycles. The smallest absolute Gasteiger partial charge is 0.169 e. The molecule has 0 radical (unpaired) electrons. The lowest BCUT2D eigenvalue weighted by atomic mass is 9.98. The zero-order valence-electron chi connectivity index (χ0n) is 17.0. The van der Waals surface area contributed by atoms with Gasteiger partial charge in [-0.2, -0.15) is 0 Å². The van der Waals surface area contributed by atoms with Crippen LogP contribution in [-0.2, 0) is 12.8 Å². The van der Waals surface area contributed by atoms with Crippen molar-refractivity contribution in [3.8, 4) is 11.1 Å². The molecule has 3 rings (SSSR count). The molecule has 3 aromatic rings. The predicted octanol–water partition coefficient (Wildman–Crippen LogP) is 8.22. The molecule has 0 spiro atoms. The molecule has 0 unspecified atom stereocenters. The molecule has 0 N–H and O–H groups in total. The molecule has 3 aromatic carbocycles. The van der Waals surface area contributed by atoms with Crippen molar-refractivity contribution in [3.63, 3.8) is 0 Å². The summed E-state index contributed by atoms with van der Waals surface area (Å²) in [4.78, 5) is 0. The van der Waals surface area contributed by atoms with E-state index in [0.717, 1.165) is 24.1 Å². The van der Waals surface area contributed by atoms with Crippen molar-refractivity contribution in [2.75, 3.05) is 0 Å². The second kappa shape index (κ2) is 9.73. The third kappa shape index (κ3) is 4.76. The van der Waals surface area contributed by atoms with E-state index in [1.807, 2.05) is 6.92 Å². The van der Waals surface area contributed by atoms with E-state index < -0.39 is 34.7 Å². The Kier molecular flexibility index (Phi) is 7.06. The van der Waals surface area contributed by atoms with E-state index in [1.54, 1.807) is 18.2 Å². The summed E-state index contributed by atoms with van der Waals surface area (Å²) < 4.78 is 72.6. The van der Waals surface area contributed by atoms with Gasteiger partial charge in [0.05, 0.1) is 0 Å². The normalized spacial score (nSPS) is 11.9. The van der Waals surface area contributed by atoms with Crippen LogP contribution in [0.1, 0.15) is 35.6 Å². The Bertz CT molecular complexity index is 1130. The van der Waals surface area contributed by atoms with E-state index in [4.69, 9.17) is 0 Å². The van der Waals surface area contributed by atoms with Gasteiger partial charge < -0.3 is 0 Å². The van der Waals surface area contributed by atoms with Gasteiger partial charge in [0.25, 0.3) is 0 Å². The largest absolute Gasteiger partial charge is 0.206 e. The van der Waals surface area contributed by atoms with E-state index in [0.29, 0.717) is 6.42 Å². The molecule has 0 nitrogen and oxygen atoms in total. The monoisotopic (exact) mass is 428 g/mol. The second-order valence-corrected chi connectivity index (χ2v) is 7.10. The Balaban J connectivity index is 1.96. The first-order valence-corrected chi connectivity index (χ1v) is 9.90. The van der Waals surface area contributed by atoms with Crippen LogP contribution in [0.4, 0.5) is 22.0 Å². The first kappa shape index (κ1) is 22.5. The van der Waals surface area contributed by atoms with E-state index in [2.05, 4.69) is 6.58 Å². The van der Waals surface area contributed by atoms with Crippen molar-refractivity contribution in [2.24, 2.45) is 0 Å². The van der Waals surface area contributed by atoms with Gasteiger partial charge in [0, 0.05) is 16.7 Å². The van der Waals surface area contributed by atoms with Gasteiger partial charge >= 0.3 is 0 Å². The van der Waals surface area contributed by atoms with Crippen molar-refractivity contribution in [1.29, 1.82) is 0 Å². The number of halogens is 5. The van der Waals surface area contributed by atoms with Gasteiger partial charge in [-0.3, -0.25) is 0 Å². The maximum absolute atomic E-state index is 14.6. The molecule has 0 aromatic heterocycles. The molecule has 0 aliphatic rings. The van der Waals surface area contributed by atoms with Gasteiger partial charge in [-0.1, -0.05) is 55.5 Å². The Morgan fingerprint density at radius 3 is 2.19 bits per heavy atom. The number of benzene rings is 3. The summed E-state index contributed by atoms with van der Waals surface area (Å²) in [6, 6.07) is 12.0. The van der Waals surface area contributed by atoms with Gasteiger partial charge in [0.15, 0.2) is 23.3 Å². The van der Waals surface area contributed by atoms with Crippen molar-refractivity contribution in [1.82, 2.24) is 0 Å². The Hall–Kier alpha value is -3.21. The van der Waals surface area contributed by atoms with Crippen molar-refractivity contribution in [3.05, 3.63) is 107 Å². The molecule has 0 saturated heterocycles. The predicted molar refractivity (Wildman–Crippen MR) is 115 cm³/mol. The molecule has 160 valence electrons. The molecule has 0 atom stereocenters. The molecule has 0 fully saturated rings. The highest BCUT2D eigenvalue weighted by atomic mass is 19.2. The molecule has 5 heteroatoms. The van der Waals surface area contributed by atoms with Crippen LogP contribution in [0, 0.1) is 17.5 Å². The van der Waals surface area contributed by atoms with Crippen LogP contribution in [0.15, 0.2) is 67.3 Å². The summed E-state index contributed by atoms with van der Waals surface area (Å²) >= 11 is 0. The third-order valence-corrected chi connectivity index (χ3v) is 5.10. The molecule has 31 heavy (non-hydrogen) atoms. The molecular formula is C26H21F5. The molecular weight excluding hydrogens is 407 g/mol. The van der Waals surface area contributed by atoms with Crippen LogP contribution in [0.5, 0.6) is 0 Å². The number of allylic oxidation sites excluding steroid dienone is 1. The summed E-state index contributed by atoms with van der Waals surface area (Å²) in [6.07, 6.45) is 3.11. The molecule has 0 aliphatic heterocycles. The lowest BCUT2D eigenvalue weighted by molar-refractivity contribution is 0.501. The van der Waals surface area contributed by atoms with Gasteiger partial charge in [-0.25, -0.2) is 22.0 Å². The quantitative estimate of drug-likeness (QED) is 0.202. The maximum Gasteiger partial charge on any atom is 0.169 e. The van der Waals surface area contributed by atoms with Crippen LogP contribution in [-0.4, -0.2) is 0 Å². The number of hydrogen-bond acceptors (Lipinski definition) is 0. The average Bonchev–Trinajstić information content (AvgIpc) is 2.79. The van der Waals surface area contributed by atoms with Gasteiger partial charge in [0.1, 0.15) is 5.82 Å². The molecule has 0 saturated carbocycles. The minimum absolute atomic E-state index is 0.0126. The number of rotatable bonds is 7. The first-order chi connectivity index (χ1) is 14.9. The summed E-state index contributed by atoms with van der Waals surface area (Å²) in [5.74, 6) is -5.77. The van der Waals surface area contributed by atoms with E-state index in [1.165, 1.54) is 30.3 Å². The average molecular weight is 428 g/mol. The second-order valence-electron chi connectivity index (χ2n) is 7.10. The van der Waals surface area contributed by atoms with Crippen molar-refractivity contribution >= 4 is 11.7 Å². The minimum atomic E-state index is -1.36. The zero-order valence-corrected chi connectivity index (χ0v) is 17.0. The minimum Gasteiger partial charge on any atom is -0.206 e. The van der Waals surface area contributed by atoms with Gasteiger partial charge in [0.2, 0.25) is 0 Å². The van der Waals surface area contributed by atoms with Gasteiger partial charge in [-0.15, -0.1) is 6.58 Å². The summed E-state index contributed by atoms with van der Waals surface area (Å²) in [6.45, 7) is 5.48. The summed E-state index contributed by atoms with van der Waals surface area (Å²) in [7, 11) is 0. The Morgan fingerprint density at radius 2 is 1.58 bits per heavy atom. The van der Waals surface area contributed by atoms with Crippen LogP contribution in [0.25, 0.3) is 22.8 Å². The van der Waals surface area contributed by atoms with E-state index in [-0.39, 0.29) is 28.7 Å². The first-order valence-electron chi connectivity index (χ1n) is 9.90. The van der Waals surface area contributed by atoms with E-state index >= 15 is 0 Å². The van der Waals surface area contributed by atoms with Crippen LogP contribution in [0.3, 0.4) is 0 Å². The van der Waals surface area contributed by atoms with Crippen molar-refractivity contribution < 1.29 is 22.0 Å². The fourth-order valence-corrected chi connectivity index (χ4v) is 3.26. The lowest BCUT2D eigenvalue weighted by Crippen LogP contribution is -1.98. The standard InChI is InChI=1S/C26H21F5/c1-3-5-6-17-11-13-20(25(30)23(17)28)19-12-14-21(22(27)15-19)26(31)24(29)18-9-7-16(4-2)8-10-18/h3,7-15H,1,4-6H2,2H3/b26-24+. The fourth-order valence-electron chi connectivity index (χ4n) is 3.26. The molecule has 0 aliphatic carbocycles. The molecule has 0 amide bonds. The fraction of sp³-hybridized carbons (Fsp3) is 0.154. The highest BCUT2D eigenvalue weighted by molar-refractivity contribution is 5.84. The van der Waals surface area contributed by atoms with Crippen LogP contribution in [0.2, 0.25) is 0 Å². The van der Waals surface area contributed by atoms with Crippen LogP contribution >= 0.6 is 0 Å². The number of aryl methyl sites for hydroxylation is 2. The highest BCUT2D eigenvalue weighted by Gasteiger charge is 2.19. The third-order valence-electron chi connectivity index (χ3n) is 5.10. The summed E-state index contributed by atoms with van der Waals surface area (Å²) in [5.41, 5.74) is 0.394. The zero-order chi connectivity index (χ0) is 22.5. The van der Waals surface area contributed by atoms with Gasteiger partial charge in [-0.05, 0) is 48.1 Å². The van der Waals surface area contributed by atoms with Crippen molar-refractivity contribution in [2.45, 2.75) is 26.2 Å².